The van der Waals surface area contributed by atoms with Gasteiger partial charge in [-0.05, 0) is 44.6 Å². The Morgan fingerprint density at radius 2 is 2.19 bits per heavy atom. The minimum atomic E-state index is 0.345. The lowest BCUT2D eigenvalue weighted by atomic mass is 10.1. The summed E-state index contributed by atoms with van der Waals surface area (Å²) in [7, 11) is 0. The van der Waals surface area contributed by atoms with Crippen LogP contribution in [0, 0.1) is 5.92 Å². The van der Waals surface area contributed by atoms with E-state index in [0.29, 0.717) is 18.4 Å². The number of H-pyrrole nitrogens is 1. The first-order valence-electron chi connectivity index (χ1n) is 8.05. The molecule has 0 spiro atoms. The average molecular weight is 292 g/mol. The Balaban J connectivity index is 1.35. The molecule has 2 fully saturated rings. The number of tetrazole rings is 1. The summed E-state index contributed by atoms with van der Waals surface area (Å²) in [6.45, 7) is 2.84. The smallest absolute Gasteiger partial charge is 0.222 e. The molecular formula is C14H24N6O. The third-order valence-electron chi connectivity index (χ3n) is 4.38. The molecule has 3 rings (SSSR count). The summed E-state index contributed by atoms with van der Waals surface area (Å²) in [6, 6.07) is 0.462. The average Bonchev–Trinajstić information content (AvgIpc) is 3.19. The highest BCUT2D eigenvalue weighted by Gasteiger charge is 2.28. The molecule has 116 valence electrons. The number of carbonyl (C=O) groups is 1. The SMILES string of the molecule is O=C1CCC(NCCCc2nn[nH]n2)CCN1CC1CC1. The molecule has 2 aliphatic rings. The molecule has 1 saturated heterocycles. The van der Waals surface area contributed by atoms with Gasteiger partial charge in [-0.25, -0.2) is 0 Å². The lowest BCUT2D eigenvalue weighted by Crippen LogP contribution is -2.34. The van der Waals surface area contributed by atoms with Crippen LogP contribution in [-0.2, 0) is 11.2 Å². The van der Waals surface area contributed by atoms with Crippen molar-refractivity contribution in [1.82, 2.24) is 30.8 Å². The van der Waals surface area contributed by atoms with Crippen LogP contribution in [0.25, 0.3) is 0 Å². The molecule has 0 aromatic carbocycles. The maximum absolute atomic E-state index is 12.1. The van der Waals surface area contributed by atoms with E-state index in [0.717, 1.165) is 57.1 Å². The Labute approximate surface area is 124 Å². The second kappa shape index (κ2) is 6.98. The van der Waals surface area contributed by atoms with Gasteiger partial charge in [0.05, 0.1) is 0 Å². The Bertz CT molecular complexity index is 444. The van der Waals surface area contributed by atoms with E-state index in [1.54, 1.807) is 0 Å². The number of hydrogen-bond donors (Lipinski definition) is 2. The minimum Gasteiger partial charge on any atom is -0.342 e. The minimum absolute atomic E-state index is 0.345. The number of aromatic amines is 1. The zero-order valence-electron chi connectivity index (χ0n) is 12.4. The number of nitrogens with one attached hydrogen (secondary N) is 2. The van der Waals surface area contributed by atoms with E-state index in [2.05, 4.69) is 30.8 Å². The van der Waals surface area contributed by atoms with Crippen LogP contribution in [0.5, 0.6) is 0 Å². The van der Waals surface area contributed by atoms with Gasteiger partial charge >= 0.3 is 0 Å². The summed E-state index contributed by atoms with van der Waals surface area (Å²) in [4.78, 5) is 14.2. The van der Waals surface area contributed by atoms with Crippen LogP contribution < -0.4 is 5.32 Å². The molecule has 1 unspecified atom stereocenters. The first-order valence-corrected chi connectivity index (χ1v) is 8.05. The van der Waals surface area contributed by atoms with E-state index in [4.69, 9.17) is 0 Å². The van der Waals surface area contributed by atoms with E-state index in [9.17, 15) is 4.79 Å². The van der Waals surface area contributed by atoms with E-state index in [-0.39, 0.29) is 0 Å². The zero-order chi connectivity index (χ0) is 14.5. The Morgan fingerprint density at radius 1 is 1.29 bits per heavy atom. The van der Waals surface area contributed by atoms with Crippen molar-refractivity contribution in [3.63, 3.8) is 0 Å². The first-order chi connectivity index (χ1) is 10.3. The van der Waals surface area contributed by atoms with Gasteiger partial charge in [-0.3, -0.25) is 4.79 Å². The third kappa shape index (κ3) is 4.49. The normalized spacial score (nSPS) is 23.3. The molecule has 1 aromatic rings. The summed E-state index contributed by atoms with van der Waals surface area (Å²) in [5.74, 6) is 1.90. The van der Waals surface area contributed by atoms with Crippen LogP contribution in [0.3, 0.4) is 0 Å². The monoisotopic (exact) mass is 292 g/mol. The Morgan fingerprint density at radius 3 is 2.95 bits per heavy atom. The van der Waals surface area contributed by atoms with Crippen LogP contribution in [0.1, 0.15) is 44.3 Å². The maximum atomic E-state index is 12.1. The van der Waals surface area contributed by atoms with Crippen LogP contribution >= 0.6 is 0 Å². The second-order valence-electron chi connectivity index (χ2n) is 6.19. The molecule has 2 heterocycles. The molecule has 1 atom stereocenters. The van der Waals surface area contributed by atoms with Gasteiger partial charge in [-0.15, -0.1) is 10.2 Å². The fourth-order valence-electron chi connectivity index (χ4n) is 2.89. The highest BCUT2D eigenvalue weighted by molar-refractivity contribution is 5.76. The molecule has 1 aliphatic heterocycles. The van der Waals surface area contributed by atoms with Gasteiger partial charge in [-0.2, -0.15) is 5.21 Å². The number of carbonyl (C=O) groups excluding carboxylic acids is 1. The zero-order valence-corrected chi connectivity index (χ0v) is 12.4. The molecule has 0 bridgehead atoms. The van der Waals surface area contributed by atoms with Crippen molar-refractivity contribution in [2.24, 2.45) is 5.92 Å². The van der Waals surface area contributed by atoms with Gasteiger partial charge in [0.2, 0.25) is 5.91 Å². The molecule has 1 amide bonds. The lowest BCUT2D eigenvalue weighted by Gasteiger charge is -2.20. The number of aromatic nitrogens is 4. The predicted octanol–water partition coefficient (Wildman–Crippen LogP) is 0.513. The number of aryl methyl sites for hydroxylation is 1. The van der Waals surface area contributed by atoms with Crippen LogP contribution in [0.2, 0.25) is 0 Å². The summed E-state index contributed by atoms with van der Waals surface area (Å²) in [5.41, 5.74) is 0. The van der Waals surface area contributed by atoms with Crippen LogP contribution in [0.4, 0.5) is 0 Å². The second-order valence-corrected chi connectivity index (χ2v) is 6.19. The van der Waals surface area contributed by atoms with Crippen LogP contribution in [0.15, 0.2) is 0 Å². The standard InChI is InChI=1S/C14H24N6O/c21-14-6-5-12(7-9-20(14)10-11-3-4-11)15-8-1-2-13-16-18-19-17-13/h11-12,15H,1-10H2,(H,16,17,18,19). The van der Waals surface area contributed by atoms with Crippen molar-refractivity contribution in [3.8, 4) is 0 Å². The molecule has 2 N–H and O–H groups in total. The van der Waals surface area contributed by atoms with Crippen LogP contribution in [-0.4, -0.2) is 57.1 Å². The molecule has 1 saturated carbocycles. The van der Waals surface area contributed by atoms with E-state index < -0.39 is 0 Å². The largest absolute Gasteiger partial charge is 0.342 e. The lowest BCUT2D eigenvalue weighted by molar-refractivity contribution is -0.130. The predicted molar refractivity (Wildman–Crippen MR) is 77.4 cm³/mol. The fourth-order valence-corrected chi connectivity index (χ4v) is 2.89. The Kier molecular flexibility index (Phi) is 4.80. The van der Waals surface area contributed by atoms with Crippen molar-refractivity contribution in [2.75, 3.05) is 19.6 Å². The Hall–Kier alpha value is -1.50. The van der Waals surface area contributed by atoms with Gasteiger partial charge in [0, 0.05) is 32.0 Å². The van der Waals surface area contributed by atoms with Gasteiger partial charge in [0.15, 0.2) is 5.82 Å². The third-order valence-corrected chi connectivity index (χ3v) is 4.38. The number of likely N-dealkylation sites (tertiary alicyclic amines) is 1. The van der Waals surface area contributed by atoms with Gasteiger partial charge < -0.3 is 10.2 Å². The van der Waals surface area contributed by atoms with Crippen molar-refractivity contribution in [1.29, 1.82) is 0 Å². The van der Waals surface area contributed by atoms with Gasteiger partial charge in [0.25, 0.3) is 0 Å². The fraction of sp³-hybridized carbons (Fsp3) is 0.857. The van der Waals surface area contributed by atoms with E-state index >= 15 is 0 Å². The maximum Gasteiger partial charge on any atom is 0.222 e. The van der Waals surface area contributed by atoms with Gasteiger partial charge in [0.1, 0.15) is 0 Å². The van der Waals surface area contributed by atoms with E-state index in [1.807, 2.05) is 0 Å². The first kappa shape index (κ1) is 14.4. The number of nitrogens with zero attached hydrogens (tertiary/aromatic N) is 4. The quantitative estimate of drug-likeness (QED) is 0.715. The van der Waals surface area contributed by atoms with Crippen molar-refractivity contribution in [3.05, 3.63) is 5.82 Å². The molecule has 1 aliphatic carbocycles. The summed E-state index contributed by atoms with van der Waals surface area (Å²) < 4.78 is 0. The molecular weight excluding hydrogens is 268 g/mol. The summed E-state index contributed by atoms with van der Waals surface area (Å²) in [5, 5.41) is 17.5. The van der Waals surface area contributed by atoms with Crippen molar-refractivity contribution < 1.29 is 4.79 Å². The summed E-state index contributed by atoms with van der Waals surface area (Å²) in [6.07, 6.45) is 7.17. The molecule has 21 heavy (non-hydrogen) atoms. The van der Waals surface area contributed by atoms with Crippen molar-refractivity contribution >= 4 is 5.91 Å². The van der Waals surface area contributed by atoms with Crippen molar-refractivity contribution in [2.45, 2.75) is 51.0 Å². The molecule has 1 aromatic heterocycles. The highest BCUT2D eigenvalue weighted by Crippen LogP contribution is 2.30. The summed E-state index contributed by atoms with van der Waals surface area (Å²) >= 11 is 0. The highest BCUT2D eigenvalue weighted by atomic mass is 16.2. The number of amides is 1. The molecule has 0 radical (unpaired) electrons. The van der Waals surface area contributed by atoms with Gasteiger partial charge in [-0.1, -0.05) is 5.21 Å². The molecule has 7 nitrogen and oxygen atoms in total. The van der Waals surface area contributed by atoms with E-state index in [1.165, 1.54) is 12.8 Å². The topological polar surface area (TPSA) is 86.8 Å². The molecule has 7 heteroatoms. The number of rotatable bonds is 7. The number of hydrogen-bond acceptors (Lipinski definition) is 5.